The molecule has 0 aromatic heterocycles. The van der Waals surface area contributed by atoms with Gasteiger partial charge in [-0.25, -0.2) is 4.79 Å². The van der Waals surface area contributed by atoms with Crippen molar-refractivity contribution in [3.63, 3.8) is 0 Å². The molecule has 5 rings (SSSR count). The molecule has 0 spiro atoms. The minimum atomic E-state index is -0.765. The molecule has 0 bridgehead atoms. The average molecular weight is 420 g/mol. The predicted molar refractivity (Wildman–Crippen MR) is 120 cm³/mol. The molecule has 0 saturated heterocycles. The number of hydrogen-bond acceptors (Lipinski definition) is 5. The van der Waals surface area contributed by atoms with E-state index >= 15 is 0 Å². The Morgan fingerprint density at radius 2 is 2.03 bits per heavy atom. The molecule has 2 aromatic rings. The maximum absolute atomic E-state index is 12.9. The second-order valence-corrected chi connectivity index (χ2v) is 8.84. The summed E-state index contributed by atoms with van der Waals surface area (Å²) in [6.07, 6.45) is 5.62. The van der Waals surface area contributed by atoms with Gasteiger partial charge in [0.25, 0.3) is 0 Å². The molecule has 1 atom stereocenters. The molecule has 31 heavy (non-hydrogen) atoms. The summed E-state index contributed by atoms with van der Waals surface area (Å²) in [5, 5.41) is 0. The smallest absolute Gasteiger partial charge is 0.339 e. The molecule has 2 aliphatic carbocycles. The van der Waals surface area contributed by atoms with E-state index in [4.69, 9.17) is 14.2 Å². The molecular formula is C26H29NO4. The zero-order valence-corrected chi connectivity index (χ0v) is 18.3. The second kappa shape index (κ2) is 8.12. The van der Waals surface area contributed by atoms with Crippen LogP contribution >= 0.6 is 0 Å². The van der Waals surface area contributed by atoms with E-state index < -0.39 is 6.10 Å². The van der Waals surface area contributed by atoms with Crippen molar-refractivity contribution in [2.24, 2.45) is 4.99 Å². The third kappa shape index (κ3) is 3.87. The van der Waals surface area contributed by atoms with Crippen molar-refractivity contribution in [3.05, 3.63) is 46.5 Å². The minimum Gasteiger partial charge on any atom is -0.493 e. The van der Waals surface area contributed by atoms with Gasteiger partial charge in [0.05, 0.1) is 25.5 Å². The molecule has 5 nitrogen and oxygen atoms in total. The minimum absolute atomic E-state index is 0.109. The number of benzene rings is 2. The van der Waals surface area contributed by atoms with E-state index in [9.17, 15) is 4.79 Å². The fourth-order valence-electron chi connectivity index (χ4n) is 4.60. The van der Waals surface area contributed by atoms with Crippen LogP contribution in [0.1, 0.15) is 66.4 Å². The lowest BCUT2D eigenvalue weighted by molar-refractivity contribution is -0.155. The zero-order valence-electron chi connectivity index (χ0n) is 18.3. The van der Waals surface area contributed by atoms with Gasteiger partial charge in [-0.05, 0) is 104 Å². The van der Waals surface area contributed by atoms with Crippen molar-refractivity contribution < 1.29 is 19.0 Å². The number of fused-ring (bicyclic) bond motifs is 1. The zero-order chi connectivity index (χ0) is 21.5. The molecule has 1 heterocycles. The predicted octanol–water partition coefficient (Wildman–Crippen LogP) is 5.59. The first-order valence-electron chi connectivity index (χ1n) is 11.2. The normalized spacial score (nSPS) is 18.6. The molecule has 2 fully saturated rings. The summed E-state index contributed by atoms with van der Waals surface area (Å²) in [7, 11) is 1.42. The van der Waals surface area contributed by atoms with Crippen molar-refractivity contribution in [2.45, 2.75) is 63.6 Å². The van der Waals surface area contributed by atoms with Gasteiger partial charge in [0.1, 0.15) is 5.75 Å². The largest absolute Gasteiger partial charge is 0.493 e. The Bertz CT molecular complexity index is 1040. The van der Waals surface area contributed by atoms with Gasteiger partial charge in [0, 0.05) is 5.56 Å². The highest BCUT2D eigenvalue weighted by Gasteiger charge is 2.38. The summed E-state index contributed by atoms with van der Waals surface area (Å²) in [4.78, 5) is 17.2. The van der Waals surface area contributed by atoms with Crippen LogP contribution in [-0.2, 0) is 20.7 Å². The highest BCUT2D eigenvalue weighted by Crippen LogP contribution is 2.51. The van der Waals surface area contributed by atoms with E-state index in [0.717, 1.165) is 78.8 Å². The van der Waals surface area contributed by atoms with Gasteiger partial charge in [0.15, 0.2) is 6.10 Å². The van der Waals surface area contributed by atoms with E-state index in [2.05, 4.69) is 36.0 Å². The van der Waals surface area contributed by atoms with E-state index in [1.165, 1.54) is 18.2 Å². The number of carbonyl (C=O) groups excluding carboxylic acids is 1. The summed E-state index contributed by atoms with van der Waals surface area (Å²) >= 11 is 0. The Labute approximate surface area is 183 Å². The van der Waals surface area contributed by atoms with Crippen LogP contribution in [0, 0.1) is 6.92 Å². The summed E-state index contributed by atoms with van der Waals surface area (Å²) < 4.78 is 17.3. The lowest BCUT2D eigenvalue weighted by Crippen LogP contribution is -2.21. The molecular weight excluding hydrogens is 390 g/mol. The number of esters is 1. The quantitative estimate of drug-likeness (QED) is 0.434. The molecule has 0 amide bonds. The number of aliphatic imine (C=N–C) groups is 1. The number of carbonyl (C=O) groups is 1. The number of ether oxygens (including phenoxy) is 3. The van der Waals surface area contributed by atoms with Crippen molar-refractivity contribution >= 4 is 18.4 Å². The Hall–Kier alpha value is -2.66. The highest BCUT2D eigenvalue weighted by atomic mass is 16.6. The maximum atomic E-state index is 12.9. The average Bonchev–Trinajstić information content (AvgIpc) is 3.71. The van der Waals surface area contributed by atoms with Gasteiger partial charge in [-0.15, -0.1) is 0 Å². The molecule has 5 heteroatoms. The molecule has 0 radical (unpaired) electrons. The molecule has 0 N–H and O–H groups in total. The first kappa shape index (κ1) is 20.3. The van der Waals surface area contributed by atoms with Gasteiger partial charge in [0.2, 0.25) is 0 Å². The van der Waals surface area contributed by atoms with Crippen LogP contribution < -0.4 is 4.74 Å². The van der Waals surface area contributed by atoms with Crippen LogP contribution in [0.3, 0.4) is 0 Å². The molecule has 2 aromatic carbocycles. The fraction of sp³-hybridized carbons (Fsp3) is 0.462. The van der Waals surface area contributed by atoms with Crippen LogP contribution in [0.2, 0.25) is 0 Å². The first-order valence-corrected chi connectivity index (χ1v) is 11.2. The van der Waals surface area contributed by atoms with Crippen LogP contribution in [0.25, 0.3) is 11.1 Å². The SMILES string of the molecule is C=Nc1cc(C2CC2)c(-c2ccc3c(c2)CCCO3)c(C(OC2CC2)C(=O)OC)c1C. The standard InChI is InChI=1S/C26H29NO4/c1-15-21(27-2)14-20(16-6-7-16)24(18-8-11-22-17(13-18)5-4-12-30-22)23(15)25(26(28)29-3)31-19-9-10-19/h8,11,13-14,16,19,25H,2,4-7,9-10,12H2,1,3H3. The third-order valence-corrected chi connectivity index (χ3v) is 6.55. The first-order chi connectivity index (χ1) is 15.1. The monoisotopic (exact) mass is 419 g/mol. The number of aryl methyl sites for hydroxylation is 1. The van der Waals surface area contributed by atoms with Crippen LogP contribution in [0.4, 0.5) is 5.69 Å². The number of hydrogen-bond donors (Lipinski definition) is 0. The van der Waals surface area contributed by atoms with Gasteiger partial charge in [-0.3, -0.25) is 4.99 Å². The van der Waals surface area contributed by atoms with Gasteiger partial charge < -0.3 is 14.2 Å². The van der Waals surface area contributed by atoms with Crippen LogP contribution in [-0.4, -0.2) is 32.5 Å². The topological polar surface area (TPSA) is 57.1 Å². The molecule has 1 aliphatic heterocycles. The van der Waals surface area contributed by atoms with Crippen LogP contribution in [0.15, 0.2) is 29.3 Å². The molecule has 1 unspecified atom stereocenters. The summed E-state index contributed by atoms with van der Waals surface area (Å²) in [6, 6.07) is 8.56. The number of methoxy groups -OCH3 is 1. The Morgan fingerprint density at radius 1 is 1.23 bits per heavy atom. The second-order valence-electron chi connectivity index (χ2n) is 8.84. The van der Waals surface area contributed by atoms with Crippen LogP contribution in [0.5, 0.6) is 5.75 Å². The van der Waals surface area contributed by atoms with E-state index in [0.29, 0.717) is 5.92 Å². The van der Waals surface area contributed by atoms with E-state index in [1.807, 2.05) is 6.92 Å². The lowest BCUT2D eigenvalue weighted by atomic mass is 9.84. The fourth-order valence-corrected chi connectivity index (χ4v) is 4.60. The number of nitrogens with zero attached hydrogens (tertiary/aromatic N) is 1. The van der Waals surface area contributed by atoms with Crippen molar-refractivity contribution in [1.82, 2.24) is 0 Å². The highest BCUT2D eigenvalue weighted by molar-refractivity contribution is 5.86. The Morgan fingerprint density at radius 3 is 2.71 bits per heavy atom. The van der Waals surface area contributed by atoms with Crippen molar-refractivity contribution in [3.8, 4) is 16.9 Å². The van der Waals surface area contributed by atoms with E-state index in [1.54, 1.807) is 0 Å². The summed E-state index contributed by atoms with van der Waals surface area (Å²) in [6.45, 7) is 6.56. The van der Waals surface area contributed by atoms with Crippen molar-refractivity contribution in [2.75, 3.05) is 13.7 Å². The molecule has 162 valence electrons. The Kier molecular flexibility index (Phi) is 5.30. The van der Waals surface area contributed by atoms with Crippen molar-refractivity contribution in [1.29, 1.82) is 0 Å². The van der Waals surface area contributed by atoms with Gasteiger partial charge >= 0.3 is 5.97 Å². The molecule has 3 aliphatic rings. The summed E-state index contributed by atoms with van der Waals surface area (Å²) in [5.41, 5.74) is 7.27. The Balaban J connectivity index is 1.74. The lowest BCUT2D eigenvalue weighted by Gasteiger charge is -2.26. The van der Waals surface area contributed by atoms with E-state index in [-0.39, 0.29) is 12.1 Å². The number of rotatable bonds is 7. The maximum Gasteiger partial charge on any atom is 0.339 e. The molecule has 2 saturated carbocycles. The summed E-state index contributed by atoms with van der Waals surface area (Å²) in [5.74, 6) is 1.08. The third-order valence-electron chi connectivity index (χ3n) is 6.55. The van der Waals surface area contributed by atoms with Gasteiger partial charge in [-0.2, -0.15) is 0 Å². The van der Waals surface area contributed by atoms with Gasteiger partial charge in [-0.1, -0.05) is 6.07 Å².